The molecule has 0 spiro atoms. The van der Waals surface area contributed by atoms with Crippen molar-refractivity contribution in [3.8, 4) is 0 Å². The van der Waals surface area contributed by atoms with Crippen molar-refractivity contribution in [1.82, 2.24) is 15.6 Å². The van der Waals surface area contributed by atoms with Crippen molar-refractivity contribution >= 4 is 6.03 Å². The fraction of sp³-hybridized carbons (Fsp3) is 0.455. The number of methoxy groups -OCH3 is 1. The first kappa shape index (κ1) is 12.4. The highest BCUT2D eigenvalue weighted by atomic mass is 16.5. The summed E-state index contributed by atoms with van der Waals surface area (Å²) in [6.07, 6.45) is 2.51. The lowest BCUT2D eigenvalue weighted by molar-refractivity contribution is 0.193. The molecule has 1 aromatic heterocycles. The van der Waals surface area contributed by atoms with Crippen molar-refractivity contribution in [2.45, 2.75) is 13.0 Å². The molecule has 2 N–H and O–H groups in total. The number of hydrogen-bond acceptors (Lipinski definition) is 3. The van der Waals surface area contributed by atoms with Gasteiger partial charge in [0.25, 0.3) is 0 Å². The lowest BCUT2D eigenvalue weighted by Crippen LogP contribution is -2.36. The summed E-state index contributed by atoms with van der Waals surface area (Å²) < 4.78 is 4.87. The van der Waals surface area contributed by atoms with E-state index in [4.69, 9.17) is 4.74 Å². The Hall–Kier alpha value is -1.62. The van der Waals surface area contributed by atoms with E-state index >= 15 is 0 Å². The second-order valence-electron chi connectivity index (χ2n) is 3.28. The van der Waals surface area contributed by atoms with Gasteiger partial charge in [0.15, 0.2) is 0 Å². The minimum absolute atomic E-state index is 0.179. The van der Waals surface area contributed by atoms with Crippen LogP contribution in [0.5, 0.6) is 0 Å². The molecule has 1 aromatic rings. The van der Waals surface area contributed by atoms with Crippen molar-refractivity contribution in [1.29, 1.82) is 0 Å². The van der Waals surface area contributed by atoms with Gasteiger partial charge in [-0.1, -0.05) is 6.07 Å². The highest BCUT2D eigenvalue weighted by molar-refractivity contribution is 5.73. The van der Waals surface area contributed by atoms with Crippen molar-refractivity contribution in [2.75, 3.05) is 20.3 Å². The van der Waals surface area contributed by atoms with E-state index in [9.17, 15) is 4.79 Å². The van der Waals surface area contributed by atoms with E-state index in [-0.39, 0.29) is 6.03 Å². The molecule has 0 aliphatic rings. The van der Waals surface area contributed by atoms with Gasteiger partial charge in [-0.25, -0.2) is 4.79 Å². The number of hydrogen-bond donors (Lipinski definition) is 2. The molecule has 0 aliphatic carbocycles. The maximum absolute atomic E-state index is 11.3. The Morgan fingerprint density at radius 3 is 3.00 bits per heavy atom. The minimum Gasteiger partial charge on any atom is -0.385 e. The Kier molecular flexibility index (Phi) is 5.95. The van der Waals surface area contributed by atoms with Crippen LogP contribution in [0.2, 0.25) is 0 Å². The van der Waals surface area contributed by atoms with Gasteiger partial charge in [0, 0.05) is 26.5 Å². The highest BCUT2D eigenvalue weighted by Gasteiger charge is 1.99. The van der Waals surface area contributed by atoms with Crippen LogP contribution in [0, 0.1) is 0 Å². The summed E-state index contributed by atoms with van der Waals surface area (Å²) in [4.78, 5) is 15.4. The second-order valence-corrected chi connectivity index (χ2v) is 3.28. The molecule has 0 saturated carbocycles. The summed E-state index contributed by atoms with van der Waals surface area (Å²) in [6.45, 7) is 1.71. The predicted octanol–water partition coefficient (Wildman–Crippen LogP) is 0.917. The van der Waals surface area contributed by atoms with Gasteiger partial charge in [0.1, 0.15) is 0 Å². The first-order valence-electron chi connectivity index (χ1n) is 5.23. The number of amides is 2. The molecule has 0 saturated heterocycles. The van der Waals surface area contributed by atoms with Crippen LogP contribution < -0.4 is 10.6 Å². The predicted molar refractivity (Wildman–Crippen MR) is 61.0 cm³/mol. The average molecular weight is 223 g/mol. The SMILES string of the molecule is COCCCNC(=O)NCc1ccccn1. The molecule has 0 aliphatic heterocycles. The Labute approximate surface area is 95.2 Å². The van der Waals surface area contributed by atoms with E-state index in [0.717, 1.165) is 12.1 Å². The van der Waals surface area contributed by atoms with Crippen LogP contribution >= 0.6 is 0 Å². The topological polar surface area (TPSA) is 63.2 Å². The fourth-order valence-corrected chi connectivity index (χ4v) is 1.15. The summed E-state index contributed by atoms with van der Waals surface area (Å²) in [7, 11) is 1.64. The first-order chi connectivity index (χ1) is 7.83. The molecule has 5 heteroatoms. The molecule has 1 rings (SSSR count). The zero-order valence-electron chi connectivity index (χ0n) is 9.40. The van der Waals surface area contributed by atoms with Crippen LogP contribution in [0.15, 0.2) is 24.4 Å². The monoisotopic (exact) mass is 223 g/mol. The molecule has 0 aromatic carbocycles. The molecule has 5 nitrogen and oxygen atoms in total. The lowest BCUT2D eigenvalue weighted by atomic mass is 10.3. The normalized spacial score (nSPS) is 9.81. The quantitative estimate of drug-likeness (QED) is 0.705. The van der Waals surface area contributed by atoms with Crippen LogP contribution in [-0.2, 0) is 11.3 Å². The number of aromatic nitrogens is 1. The molecular weight excluding hydrogens is 206 g/mol. The average Bonchev–Trinajstić information content (AvgIpc) is 2.33. The number of pyridine rings is 1. The number of ether oxygens (including phenoxy) is 1. The standard InChI is InChI=1S/C11H17N3O2/c1-16-8-4-7-13-11(15)14-9-10-5-2-3-6-12-10/h2-3,5-6H,4,7-9H2,1H3,(H2,13,14,15). The van der Waals surface area contributed by atoms with Gasteiger partial charge in [-0.15, -0.1) is 0 Å². The van der Waals surface area contributed by atoms with Gasteiger partial charge in [-0.2, -0.15) is 0 Å². The maximum atomic E-state index is 11.3. The zero-order chi connectivity index (χ0) is 11.6. The van der Waals surface area contributed by atoms with Crippen LogP contribution in [0.3, 0.4) is 0 Å². The van der Waals surface area contributed by atoms with E-state index in [2.05, 4.69) is 15.6 Å². The zero-order valence-corrected chi connectivity index (χ0v) is 9.40. The summed E-state index contributed by atoms with van der Waals surface area (Å²) in [5.41, 5.74) is 0.842. The number of urea groups is 1. The van der Waals surface area contributed by atoms with Crippen molar-refractivity contribution in [3.63, 3.8) is 0 Å². The van der Waals surface area contributed by atoms with Gasteiger partial charge in [0.05, 0.1) is 12.2 Å². The summed E-state index contributed by atoms with van der Waals surface area (Å²) in [5, 5.41) is 5.45. The second kappa shape index (κ2) is 7.64. The van der Waals surface area contributed by atoms with Crippen molar-refractivity contribution < 1.29 is 9.53 Å². The smallest absolute Gasteiger partial charge is 0.315 e. The summed E-state index contributed by atoms with van der Waals surface area (Å²) in [6, 6.07) is 5.42. The number of carbonyl (C=O) groups excluding carboxylic acids is 1. The minimum atomic E-state index is -0.179. The molecule has 0 unspecified atom stereocenters. The van der Waals surface area contributed by atoms with Crippen LogP contribution in [0.4, 0.5) is 4.79 Å². The van der Waals surface area contributed by atoms with Gasteiger partial charge in [-0.05, 0) is 18.6 Å². The highest BCUT2D eigenvalue weighted by Crippen LogP contribution is 1.91. The molecule has 0 bridgehead atoms. The van der Waals surface area contributed by atoms with Gasteiger partial charge >= 0.3 is 6.03 Å². The molecule has 0 atom stereocenters. The summed E-state index contributed by atoms with van der Waals surface area (Å²) in [5.74, 6) is 0. The Bertz CT molecular complexity index is 303. The number of carbonyl (C=O) groups is 1. The third-order valence-corrected chi connectivity index (χ3v) is 1.97. The van der Waals surface area contributed by atoms with Gasteiger partial charge < -0.3 is 15.4 Å². The Morgan fingerprint density at radius 1 is 1.44 bits per heavy atom. The molecule has 88 valence electrons. The molecule has 16 heavy (non-hydrogen) atoms. The van der Waals surface area contributed by atoms with Crippen LogP contribution in [-0.4, -0.2) is 31.3 Å². The van der Waals surface area contributed by atoms with Gasteiger partial charge in [-0.3, -0.25) is 4.98 Å². The molecular formula is C11H17N3O2. The first-order valence-corrected chi connectivity index (χ1v) is 5.23. The van der Waals surface area contributed by atoms with E-state index in [1.54, 1.807) is 13.3 Å². The molecule has 1 heterocycles. The van der Waals surface area contributed by atoms with Crippen molar-refractivity contribution in [3.05, 3.63) is 30.1 Å². The number of nitrogens with zero attached hydrogens (tertiary/aromatic N) is 1. The summed E-state index contributed by atoms with van der Waals surface area (Å²) >= 11 is 0. The fourth-order valence-electron chi connectivity index (χ4n) is 1.15. The number of nitrogens with one attached hydrogen (secondary N) is 2. The third-order valence-electron chi connectivity index (χ3n) is 1.97. The van der Waals surface area contributed by atoms with E-state index in [1.807, 2.05) is 18.2 Å². The molecule has 2 amide bonds. The van der Waals surface area contributed by atoms with Crippen LogP contribution in [0.25, 0.3) is 0 Å². The number of rotatable bonds is 6. The maximum Gasteiger partial charge on any atom is 0.315 e. The van der Waals surface area contributed by atoms with Gasteiger partial charge in [0.2, 0.25) is 0 Å². The van der Waals surface area contributed by atoms with Crippen molar-refractivity contribution in [2.24, 2.45) is 0 Å². The largest absolute Gasteiger partial charge is 0.385 e. The van der Waals surface area contributed by atoms with E-state index < -0.39 is 0 Å². The van der Waals surface area contributed by atoms with E-state index in [1.165, 1.54) is 0 Å². The van der Waals surface area contributed by atoms with Crippen LogP contribution in [0.1, 0.15) is 12.1 Å². The lowest BCUT2D eigenvalue weighted by Gasteiger charge is -2.06. The van der Waals surface area contributed by atoms with E-state index in [0.29, 0.717) is 19.7 Å². The molecule has 0 fully saturated rings. The Balaban J connectivity index is 2.11. The molecule has 0 radical (unpaired) electrons. The Morgan fingerprint density at radius 2 is 2.31 bits per heavy atom. The third kappa shape index (κ3) is 5.31.